The molecular formula is C29H27N3O5. The lowest BCUT2D eigenvalue weighted by Gasteiger charge is -2.19. The number of nitrogens with one attached hydrogen (secondary N) is 1. The summed E-state index contributed by atoms with van der Waals surface area (Å²) in [4.78, 5) is 41.2. The first-order valence-corrected chi connectivity index (χ1v) is 12.3. The van der Waals surface area contributed by atoms with E-state index in [9.17, 15) is 14.4 Å². The summed E-state index contributed by atoms with van der Waals surface area (Å²) in [6.07, 6.45) is 3.49. The van der Waals surface area contributed by atoms with Crippen LogP contribution >= 0.6 is 0 Å². The lowest BCUT2D eigenvalue weighted by atomic mass is 9.84. The number of ether oxygens (including phenoxy) is 1. The Kier molecular flexibility index (Phi) is 5.22. The molecule has 4 heterocycles. The molecule has 1 N–H and O–H groups in total. The van der Waals surface area contributed by atoms with Gasteiger partial charge >= 0.3 is 0 Å². The van der Waals surface area contributed by atoms with Crippen molar-refractivity contribution in [3.63, 3.8) is 0 Å². The second-order valence-corrected chi connectivity index (χ2v) is 10.1. The largest absolute Gasteiger partial charge is 0.497 e. The van der Waals surface area contributed by atoms with Gasteiger partial charge < -0.3 is 19.0 Å². The molecule has 0 aliphatic carbocycles. The third-order valence-electron chi connectivity index (χ3n) is 7.20. The topological polar surface area (TPSA) is 93.8 Å². The van der Waals surface area contributed by atoms with Crippen molar-refractivity contribution in [2.24, 2.45) is 5.92 Å². The number of fused-ring (bicyclic) bond motifs is 1. The number of aromatic nitrogens is 1. The molecule has 2 aromatic heterocycles. The van der Waals surface area contributed by atoms with E-state index in [1.54, 1.807) is 25.3 Å². The second-order valence-electron chi connectivity index (χ2n) is 10.1. The van der Waals surface area contributed by atoms with Gasteiger partial charge in [-0.15, -0.1) is 0 Å². The van der Waals surface area contributed by atoms with Crippen molar-refractivity contribution in [3.8, 4) is 5.75 Å². The average Bonchev–Trinajstić information content (AvgIpc) is 3.34. The van der Waals surface area contributed by atoms with E-state index in [2.05, 4.69) is 29.8 Å². The summed E-state index contributed by atoms with van der Waals surface area (Å²) in [5.74, 6) is -0.538. The van der Waals surface area contributed by atoms with Crippen LogP contribution in [0.5, 0.6) is 5.75 Å². The summed E-state index contributed by atoms with van der Waals surface area (Å²) in [5.41, 5.74) is 4.24. The maximum atomic E-state index is 14.0. The van der Waals surface area contributed by atoms with Crippen LogP contribution in [-0.2, 0) is 16.1 Å². The van der Waals surface area contributed by atoms with Crippen molar-refractivity contribution < 1.29 is 18.7 Å². The molecule has 2 aromatic carbocycles. The number of benzene rings is 2. The Balaban J connectivity index is 1.67. The Morgan fingerprint density at radius 2 is 2.00 bits per heavy atom. The van der Waals surface area contributed by atoms with Gasteiger partial charge in [0.2, 0.25) is 5.91 Å². The van der Waals surface area contributed by atoms with Crippen LogP contribution in [0.15, 0.2) is 69.3 Å². The zero-order chi connectivity index (χ0) is 26.0. The van der Waals surface area contributed by atoms with Crippen LogP contribution in [0.3, 0.4) is 0 Å². The number of hydrogen-bond acceptors (Lipinski definition) is 6. The second kappa shape index (κ2) is 8.37. The number of methoxy groups -OCH3 is 1. The lowest BCUT2D eigenvalue weighted by Crippen LogP contribution is -2.33. The highest BCUT2D eigenvalue weighted by Gasteiger charge is 2.42. The Hall–Kier alpha value is -4.33. The molecule has 2 aliphatic heterocycles. The monoisotopic (exact) mass is 497 g/mol. The fourth-order valence-electron chi connectivity index (χ4n) is 5.59. The minimum Gasteiger partial charge on any atom is -0.497 e. The zero-order valence-corrected chi connectivity index (χ0v) is 21.1. The van der Waals surface area contributed by atoms with Crippen LogP contribution in [0.4, 0.5) is 5.69 Å². The quantitative estimate of drug-likeness (QED) is 0.443. The van der Waals surface area contributed by atoms with Crippen LogP contribution in [0, 0.1) is 5.92 Å². The van der Waals surface area contributed by atoms with Crippen LogP contribution in [0.25, 0.3) is 21.9 Å². The number of carbonyl (C=O) groups excluding carboxylic acids is 2. The van der Waals surface area contributed by atoms with Crippen molar-refractivity contribution in [2.75, 3.05) is 19.0 Å². The zero-order valence-electron chi connectivity index (χ0n) is 21.1. The smallest absolute Gasteiger partial charge is 0.259 e. The molecule has 188 valence electrons. The number of carbonyl (C=O) groups is 2. The number of anilines is 1. The third kappa shape index (κ3) is 3.47. The molecule has 0 spiro atoms. The number of imide groups is 1. The highest BCUT2D eigenvalue weighted by Crippen LogP contribution is 2.46. The van der Waals surface area contributed by atoms with Gasteiger partial charge in [0, 0.05) is 42.0 Å². The highest BCUT2D eigenvalue weighted by atomic mass is 16.5. The standard InChI is InChI=1S/C29H27N3O5/c1-15(2)11-31-12-19-25(20-14-37-24-9-8-17(36-4)10-18(24)28(20)34)27-22(13-32(16(3)33)29(27)35)30-21-6-5-7-23(31)26(19)21/h5-10,12,14-15,25,30H,11,13H2,1-4H3/t25-/m0/s1. The molecule has 37 heavy (non-hydrogen) atoms. The fraction of sp³-hybridized carbons (Fsp3) is 0.276. The van der Waals surface area contributed by atoms with Crippen LogP contribution < -0.4 is 15.5 Å². The number of rotatable bonds is 4. The van der Waals surface area contributed by atoms with Gasteiger partial charge in [-0.05, 0) is 41.8 Å². The third-order valence-corrected chi connectivity index (χ3v) is 7.20. The predicted octanol–water partition coefficient (Wildman–Crippen LogP) is 4.61. The van der Waals surface area contributed by atoms with Crippen molar-refractivity contribution in [1.29, 1.82) is 0 Å². The summed E-state index contributed by atoms with van der Waals surface area (Å²) in [6.45, 7) is 6.57. The Labute approximate surface area is 213 Å². The summed E-state index contributed by atoms with van der Waals surface area (Å²) >= 11 is 0. The first-order valence-electron chi connectivity index (χ1n) is 12.3. The van der Waals surface area contributed by atoms with Gasteiger partial charge in [-0.1, -0.05) is 19.9 Å². The maximum Gasteiger partial charge on any atom is 0.259 e. The van der Waals surface area contributed by atoms with Gasteiger partial charge in [-0.3, -0.25) is 19.3 Å². The molecule has 0 unspecified atom stereocenters. The average molecular weight is 498 g/mol. The SMILES string of the molecule is COc1ccc2occ([C@H]3C4=C(CN(C(C)=O)C4=O)Nc4cccc5c4c3cn5CC(C)C)c(=O)c2c1. The first-order chi connectivity index (χ1) is 17.8. The summed E-state index contributed by atoms with van der Waals surface area (Å²) < 4.78 is 13.4. The summed E-state index contributed by atoms with van der Waals surface area (Å²) in [7, 11) is 1.54. The van der Waals surface area contributed by atoms with Gasteiger partial charge in [-0.25, -0.2) is 0 Å². The van der Waals surface area contributed by atoms with Crippen LogP contribution in [-0.4, -0.2) is 34.9 Å². The molecule has 0 bridgehead atoms. The lowest BCUT2D eigenvalue weighted by molar-refractivity contribution is -0.139. The van der Waals surface area contributed by atoms with E-state index in [0.29, 0.717) is 39.5 Å². The Morgan fingerprint density at radius 3 is 2.73 bits per heavy atom. The Bertz CT molecular complexity index is 1710. The van der Waals surface area contributed by atoms with Crippen molar-refractivity contribution in [2.45, 2.75) is 33.2 Å². The van der Waals surface area contributed by atoms with E-state index in [1.165, 1.54) is 18.1 Å². The number of hydrogen-bond donors (Lipinski definition) is 1. The normalized spacial score (nSPS) is 16.9. The molecule has 0 saturated heterocycles. The minimum atomic E-state index is -0.717. The van der Waals surface area contributed by atoms with E-state index in [0.717, 1.165) is 28.7 Å². The minimum absolute atomic E-state index is 0.124. The first kappa shape index (κ1) is 23.1. The molecular weight excluding hydrogens is 470 g/mol. The van der Waals surface area contributed by atoms with E-state index in [-0.39, 0.29) is 17.9 Å². The summed E-state index contributed by atoms with van der Waals surface area (Å²) in [6, 6.07) is 11.1. The number of amides is 2. The van der Waals surface area contributed by atoms with Gasteiger partial charge in [0.1, 0.15) is 11.3 Å². The maximum absolute atomic E-state index is 14.0. The molecule has 2 amide bonds. The van der Waals surface area contributed by atoms with Crippen molar-refractivity contribution >= 4 is 39.4 Å². The van der Waals surface area contributed by atoms with E-state index in [1.807, 2.05) is 18.3 Å². The van der Waals surface area contributed by atoms with Crippen LogP contribution in [0.2, 0.25) is 0 Å². The Morgan fingerprint density at radius 1 is 1.19 bits per heavy atom. The molecule has 8 heteroatoms. The molecule has 0 radical (unpaired) electrons. The molecule has 6 rings (SSSR count). The molecule has 0 fully saturated rings. The highest BCUT2D eigenvalue weighted by molar-refractivity contribution is 6.11. The van der Waals surface area contributed by atoms with Crippen molar-refractivity contribution in [1.82, 2.24) is 9.47 Å². The number of nitrogens with zero attached hydrogens (tertiary/aromatic N) is 2. The fourth-order valence-corrected chi connectivity index (χ4v) is 5.59. The molecule has 0 saturated carbocycles. The van der Waals surface area contributed by atoms with E-state index >= 15 is 0 Å². The van der Waals surface area contributed by atoms with E-state index in [4.69, 9.17) is 9.15 Å². The molecule has 2 aliphatic rings. The summed E-state index contributed by atoms with van der Waals surface area (Å²) in [5, 5.41) is 4.77. The molecule has 1 atom stereocenters. The molecule has 8 nitrogen and oxygen atoms in total. The molecule has 4 aromatic rings. The van der Waals surface area contributed by atoms with E-state index < -0.39 is 11.8 Å². The van der Waals surface area contributed by atoms with Gasteiger partial charge in [0.25, 0.3) is 5.91 Å². The van der Waals surface area contributed by atoms with Gasteiger partial charge in [-0.2, -0.15) is 0 Å². The van der Waals surface area contributed by atoms with Gasteiger partial charge in [0.15, 0.2) is 5.43 Å². The van der Waals surface area contributed by atoms with Crippen molar-refractivity contribution in [3.05, 3.63) is 81.5 Å². The predicted molar refractivity (Wildman–Crippen MR) is 141 cm³/mol. The van der Waals surface area contributed by atoms with Gasteiger partial charge in [0.05, 0.1) is 42.3 Å². The van der Waals surface area contributed by atoms with Crippen LogP contribution in [0.1, 0.15) is 37.8 Å².